The predicted molar refractivity (Wildman–Crippen MR) is 57.7 cm³/mol. The number of aliphatic hydroxyl groups is 1. The number of hydrogen-bond acceptors (Lipinski definition) is 3. The van der Waals surface area contributed by atoms with Crippen molar-refractivity contribution in [2.45, 2.75) is 63.9 Å². The molecule has 3 atom stereocenters. The third kappa shape index (κ3) is 3.44. The van der Waals surface area contributed by atoms with Gasteiger partial charge in [0.15, 0.2) is 0 Å². The highest BCUT2D eigenvalue weighted by atomic mass is 16.5. The molecule has 15 heavy (non-hydrogen) atoms. The molecule has 3 nitrogen and oxygen atoms in total. The van der Waals surface area contributed by atoms with Gasteiger partial charge in [0.25, 0.3) is 0 Å². The molecule has 1 saturated carbocycles. The summed E-state index contributed by atoms with van der Waals surface area (Å²) >= 11 is 0. The molecule has 0 aromatic heterocycles. The molecule has 1 aliphatic carbocycles. The molecule has 0 aromatic carbocycles. The van der Waals surface area contributed by atoms with E-state index in [-0.39, 0.29) is 24.4 Å². The van der Waals surface area contributed by atoms with Gasteiger partial charge in [-0.1, -0.05) is 0 Å². The summed E-state index contributed by atoms with van der Waals surface area (Å²) in [5.41, 5.74) is 0. The van der Waals surface area contributed by atoms with Crippen LogP contribution in [0.25, 0.3) is 0 Å². The Morgan fingerprint density at radius 1 is 1.27 bits per heavy atom. The van der Waals surface area contributed by atoms with Crippen LogP contribution in [0.2, 0.25) is 0 Å². The summed E-state index contributed by atoms with van der Waals surface area (Å²) in [7, 11) is 0. The molecule has 2 rings (SSSR count). The summed E-state index contributed by atoms with van der Waals surface area (Å²) in [6.45, 7) is 4.68. The first-order chi connectivity index (χ1) is 7.15. The van der Waals surface area contributed by atoms with E-state index in [0.717, 1.165) is 12.8 Å². The first-order valence-corrected chi connectivity index (χ1v) is 6.10. The van der Waals surface area contributed by atoms with Crippen LogP contribution in [0, 0.1) is 5.92 Å². The second-order valence-corrected chi connectivity index (χ2v) is 5.09. The van der Waals surface area contributed by atoms with Crippen LogP contribution in [0.5, 0.6) is 0 Å². The highest BCUT2D eigenvalue weighted by Gasteiger charge is 2.31. The quantitative estimate of drug-likeness (QED) is 0.774. The third-order valence-electron chi connectivity index (χ3n) is 3.32. The molecule has 1 N–H and O–H groups in total. The standard InChI is InChI=1S/C12H22O3/c1-8-5-11(6-9(2)15-8)14-7-12(13)10-3-4-10/h8-13H,3-7H2,1-2H3. The van der Waals surface area contributed by atoms with E-state index in [4.69, 9.17) is 9.47 Å². The number of rotatable bonds is 4. The molecule has 2 aliphatic rings. The average Bonchev–Trinajstić information content (AvgIpc) is 2.95. The van der Waals surface area contributed by atoms with Crippen molar-refractivity contribution in [1.82, 2.24) is 0 Å². The molecule has 1 saturated heterocycles. The molecule has 0 aromatic rings. The second-order valence-electron chi connectivity index (χ2n) is 5.09. The summed E-state index contributed by atoms with van der Waals surface area (Å²) in [6, 6.07) is 0. The zero-order chi connectivity index (χ0) is 10.8. The summed E-state index contributed by atoms with van der Waals surface area (Å²) in [5, 5.41) is 9.70. The van der Waals surface area contributed by atoms with Gasteiger partial charge in [-0.05, 0) is 45.4 Å². The fraction of sp³-hybridized carbons (Fsp3) is 1.00. The van der Waals surface area contributed by atoms with E-state index in [0.29, 0.717) is 12.5 Å². The van der Waals surface area contributed by atoms with Crippen molar-refractivity contribution in [1.29, 1.82) is 0 Å². The third-order valence-corrected chi connectivity index (χ3v) is 3.32. The van der Waals surface area contributed by atoms with Crippen LogP contribution >= 0.6 is 0 Å². The van der Waals surface area contributed by atoms with E-state index >= 15 is 0 Å². The van der Waals surface area contributed by atoms with Gasteiger partial charge in [0.2, 0.25) is 0 Å². The van der Waals surface area contributed by atoms with Gasteiger partial charge in [0.1, 0.15) is 0 Å². The Labute approximate surface area is 91.8 Å². The summed E-state index contributed by atoms with van der Waals surface area (Å²) in [6.07, 6.45) is 4.88. The second kappa shape index (κ2) is 4.81. The lowest BCUT2D eigenvalue weighted by molar-refractivity contribution is -0.115. The van der Waals surface area contributed by atoms with Crippen LogP contribution in [-0.4, -0.2) is 36.1 Å². The minimum atomic E-state index is -0.238. The average molecular weight is 214 g/mol. The van der Waals surface area contributed by atoms with E-state index in [1.54, 1.807) is 0 Å². The molecule has 0 amide bonds. The Morgan fingerprint density at radius 3 is 2.40 bits per heavy atom. The van der Waals surface area contributed by atoms with Crippen molar-refractivity contribution in [2.24, 2.45) is 5.92 Å². The highest BCUT2D eigenvalue weighted by molar-refractivity contribution is 4.81. The minimum Gasteiger partial charge on any atom is -0.390 e. The fourth-order valence-electron chi connectivity index (χ4n) is 2.33. The molecule has 1 aliphatic heterocycles. The monoisotopic (exact) mass is 214 g/mol. The molecule has 2 fully saturated rings. The van der Waals surface area contributed by atoms with Gasteiger partial charge in [0, 0.05) is 0 Å². The molecule has 3 unspecified atom stereocenters. The first kappa shape index (κ1) is 11.4. The largest absolute Gasteiger partial charge is 0.390 e. The van der Waals surface area contributed by atoms with E-state index in [9.17, 15) is 5.11 Å². The van der Waals surface area contributed by atoms with Crippen LogP contribution in [0.1, 0.15) is 39.5 Å². The van der Waals surface area contributed by atoms with Crippen molar-refractivity contribution < 1.29 is 14.6 Å². The van der Waals surface area contributed by atoms with Gasteiger partial charge in [0.05, 0.1) is 31.0 Å². The maximum atomic E-state index is 9.70. The lowest BCUT2D eigenvalue weighted by Crippen LogP contribution is -2.35. The number of ether oxygens (including phenoxy) is 2. The van der Waals surface area contributed by atoms with Crippen molar-refractivity contribution in [3.63, 3.8) is 0 Å². The SMILES string of the molecule is CC1CC(OCC(O)C2CC2)CC(C)O1. The predicted octanol–water partition coefficient (Wildman–Crippen LogP) is 1.73. The normalized spacial score (nSPS) is 39.0. The van der Waals surface area contributed by atoms with Gasteiger partial charge in [-0.3, -0.25) is 0 Å². The van der Waals surface area contributed by atoms with Gasteiger partial charge in [-0.2, -0.15) is 0 Å². The molecular weight excluding hydrogens is 192 g/mol. The topological polar surface area (TPSA) is 38.7 Å². The maximum absolute atomic E-state index is 9.70. The van der Waals surface area contributed by atoms with Crippen LogP contribution in [0.15, 0.2) is 0 Å². The summed E-state index contributed by atoms with van der Waals surface area (Å²) in [5.74, 6) is 0.514. The van der Waals surface area contributed by atoms with E-state index in [2.05, 4.69) is 13.8 Å². The Hall–Kier alpha value is -0.120. The van der Waals surface area contributed by atoms with Crippen LogP contribution < -0.4 is 0 Å². The number of hydrogen-bond donors (Lipinski definition) is 1. The molecule has 0 spiro atoms. The molecule has 0 radical (unpaired) electrons. The van der Waals surface area contributed by atoms with Gasteiger partial charge in [-0.15, -0.1) is 0 Å². The Kier molecular flexibility index (Phi) is 3.65. The Bertz CT molecular complexity index is 193. The van der Waals surface area contributed by atoms with Crippen molar-refractivity contribution in [3.8, 4) is 0 Å². The molecule has 3 heteroatoms. The molecular formula is C12H22O3. The molecule has 0 bridgehead atoms. The summed E-state index contributed by atoms with van der Waals surface area (Å²) in [4.78, 5) is 0. The highest BCUT2D eigenvalue weighted by Crippen LogP contribution is 2.33. The maximum Gasteiger partial charge on any atom is 0.0801 e. The molecule has 1 heterocycles. The van der Waals surface area contributed by atoms with Crippen LogP contribution in [0.3, 0.4) is 0 Å². The smallest absolute Gasteiger partial charge is 0.0801 e. The van der Waals surface area contributed by atoms with E-state index in [1.165, 1.54) is 12.8 Å². The van der Waals surface area contributed by atoms with E-state index in [1.807, 2.05) is 0 Å². The van der Waals surface area contributed by atoms with Crippen LogP contribution in [-0.2, 0) is 9.47 Å². The van der Waals surface area contributed by atoms with Crippen LogP contribution in [0.4, 0.5) is 0 Å². The Balaban J connectivity index is 1.68. The fourth-order valence-corrected chi connectivity index (χ4v) is 2.33. The minimum absolute atomic E-state index is 0.238. The summed E-state index contributed by atoms with van der Waals surface area (Å²) < 4.78 is 11.4. The number of aliphatic hydroxyl groups excluding tert-OH is 1. The van der Waals surface area contributed by atoms with Gasteiger partial charge >= 0.3 is 0 Å². The van der Waals surface area contributed by atoms with E-state index < -0.39 is 0 Å². The Morgan fingerprint density at radius 2 is 1.87 bits per heavy atom. The van der Waals surface area contributed by atoms with Gasteiger partial charge < -0.3 is 14.6 Å². The lowest BCUT2D eigenvalue weighted by Gasteiger charge is -2.32. The van der Waals surface area contributed by atoms with Crippen molar-refractivity contribution in [2.75, 3.05) is 6.61 Å². The lowest BCUT2D eigenvalue weighted by atomic mass is 10.0. The van der Waals surface area contributed by atoms with Crippen molar-refractivity contribution in [3.05, 3.63) is 0 Å². The zero-order valence-electron chi connectivity index (χ0n) is 9.69. The van der Waals surface area contributed by atoms with Crippen molar-refractivity contribution >= 4 is 0 Å². The zero-order valence-corrected chi connectivity index (χ0v) is 9.69. The molecule has 88 valence electrons. The van der Waals surface area contributed by atoms with Gasteiger partial charge in [-0.25, -0.2) is 0 Å². The first-order valence-electron chi connectivity index (χ1n) is 6.10.